The molecule has 0 spiro atoms. The lowest BCUT2D eigenvalue weighted by atomic mass is 10.2. The van der Waals surface area contributed by atoms with Crippen LogP contribution in [0, 0.1) is 5.82 Å². The molecule has 0 fully saturated rings. The lowest BCUT2D eigenvalue weighted by Gasteiger charge is -2.09. The van der Waals surface area contributed by atoms with Crippen LogP contribution in [0.2, 0.25) is 0 Å². The molecule has 1 aliphatic heterocycles. The SMILES string of the molecule is CSCCC1COC(c2cccn2Cc2cccc(F)c2)=N1. The summed E-state index contributed by atoms with van der Waals surface area (Å²) in [5.41, 5.74) is 1.88. The largest absolute Gasteiger partial charge is 0.474 e. The Morgan fingerprint density at radius 3 is 3.09 bits per heavy atom. The molecule has 0 bridgehead atoms. The fraction of sp³-hybridized carbons (Fsp3) is 0.353. The maximum Gasteiger partial charge on any atom is 0.233 e. The van der Waals surface area contributed by atoms with E-state index in [4.69, 9.17) is 4.74 Å². The Balaban J connectivity index is 1.75. The third-order valence-corrected chi connectivity index (χ3v) is 4.30. The van der Waals surface area contributed by atoms with Crippen LogP contribution in [0.25, 0.3) is 0 Å². The first-order valence-electron chi connectivity index (χ1n) is 7.36. The number of nitrogens with zero attached hydrogens (tertiary/aromatic N) is 2. The van der Waals surface area contributed by atoms with E-state index in [0.29, 0.717) is 19.0 Å². The third-order valence-electron chi connectivity index (χ3n) is 3.66. The van der Waals surface area contributed by atoms with Crippen LogP contribution in [0.5, 0.6) is 0 Å². The van der Waals surface area contributed by atoms with E-state index in [2.05, 4.69) is 11.2 Å². The van der Waals surface area contributed by atoms with Crippen molar-refractivity contribution in [3.63, 3.8) is 0 Å². The van der Waals surface area contributed by atoms with E-state index in [1.54, 1.807) is 12.1 Å². The molecule has 2 aromatic rings. The molecule has 1 unspecified atom stereocenters. The predicted octanol–water partition coefficient (Wildman–Crippen LogP) is 3.57. The number of hydrogen-bond donors (Lipinski definition) is 0. The second-order valence-electron chi connectivity index (χ2n) is 5.33. The number of halogens is 1. The third kappa shape index (κ3) is 3.53. The van der Waals surface area contributed by atoms with Gasteiger partial charge in [-0.05, 0) is 48.3 Å². The minimum Gasteiger partial charge on any atom is -0.474 e. The molecule has 2 heterocycles. The Morgan fingerprint density at radius 1 is 1.36 bits per heavy atom. The fourth-order valence-corrected chi connectivity index (χ4v) is 3.04. The fourth-order valence-electron chi connectivity index (χ4n) is 2.54. The highest BCUT2D eigenvalue weighted by atomic mass is 32.2. The smallest absolute Gasteiger partial charge is 0.233 e. The quantitative estimate of drug-likeness (QED) is 0.814. The molecule has 0 radical (unpaired) electrons. The van der Waals surface area contributed by atoms with E-state index >= 15 is 0 Å². The van der Waals surface area contributed by atoms with Gasteiger partial charge in [0.1, 0.15) is 18.1 Å². The number of aromatic nitrogens is 1. The molecule has 1 atom stereocenters. The number of rotatable bonds is 6. The van der Waals surface area contributed by atoms with Gasteiger partial charge in [-0.2, -0.15) is 11.8 Å². The summed E-state index contributed by atoms with van der Waals surface area (Å²) < 4.78 is 21.1. The first-order valence-corrected chi connectivity index (χ1v) is 8.75. The van der Waals surface area contributed by atoms with Gasteiger partial charge in [0.25, 0.3) is 0 Å². The normalized spacial score (nSPS) is 17.4. The molecule has 0 saturated carbocycles. The minimum atomic E-state index is -0.210. The van der Waals surface area contributed by atoms with E-state index in [0.717, 1.165) is 23.4 Å². The van der Waals surface area contributed by atoms with E-state index in [-0.39, 0.29) is 11.9 Å². The number of benzene rings is 1. The van der Waals surface area contributed by atoms with Crippen molar-refractivity contribution in [3.8, 4) is 0 Å². The van der Waals surface area contributed by atoms with Crippen LogP contribution >= 0.6 is 11.8 Å². The zero-order valence-corrected chi connectivity index (χ0v) is 13.4. The number of aliphatic imine (C=N–C) groups is 1. The van der Waals surface area contributed by atoms with Gasteiger partial charge in [-0.15, -0.1) is 0 Å². The van der Waals surface area contributed by atoms with Crippen LogP contribution in [-0.2, 0) is 11.3 Å². The van der Waals surface area contributed by atoms with Gasteiger partial charge in [-0.1, -0.05) is 12.1 Å². The van der Waals surface area contributed by atoms with Crippen molar-refractivity contribution in [2.24, 2.45) is 4.99 Å². The van der Waals surface area contributed by atoms with Gasteiger partial charge in [0, 0.05) is 12.7 Å². The van der Waals surface area contributed by atoms with Crippen molar-refractivity contribution < 1.29 is 9.13 Å². The van der Waals surface area contributed by atoms with E-state index in [9.17, 15) is 4.39 Å². The lowest BCUT2D eigenvalue weighted by Crippen LogP contribution is -2.10. The van der Waals surface area contributed by atoms with Crippen molar-refractivity contribution in [2.75, 3.05) is 18.6 Å². The zero-order valence-electron chi connectivity index (χ0n) is 12.5. The summed E-state index contributed by atoms with van der Waals surface area (Å²) in [5.74, 6) is 1.58. The molecule has 0 aliphatic carbocycles. The summed E-state index contributed by atoms with van der Waals surface area (Å²) in [6, 6.07) is 10.9. The molecular weight excluding hydrogens is 299 g/mol. The molecular formula is C17H19FN2OS. The van der Waals surface area contributed by atoms with E-state index in [1.807, 2.05) is 40.7 Å². The standard InChI is InChI=1S/C17H19FN2OS/c1-22-9-7-15-12-21-17(19-15)16-6-3-8-20(16)11-13-4-2-5-14(18)10-13/h2-6,8,10,15H,7,9,11-12H2,1H3. The number of thioether (sulfide) groups is 1. The van der Waals surface area contributed by atoms with E-state index in [1.165, 1.54) is 6.07 Å². The van der Waals surface area contributed by atoms with Crippen molar-refractivity contribution in [3.05, 3.63) is 59.7 Å². The van der Waals surface area contributed by atoms with Crippen LogP contribution in [0.4, 0.5) is 4.39 Å². The van der Waals surface area contributed by atoms with Gasteiger partial charge < -0.3 is 9.30 Å². The van der Waals surface area contributed by atoms with Gasteiger partial charge in [-0.25, -0.2) is 9.38 Å². The van der Waals surface area contributed by atoms with Gasteiger partial charge >= 0.3 is 0 Å². The predicted molar refractivity (Wildman–Crippen MR) is 89.2 cm³/mol. The Labute approximate surface area is 134 Å². The van der Waals surface area contributed by atoms with Crippen molar-refractivity contribution in [1.82, 2.24) is 4.57 Å². The molecule has 22 heavy (non-hydrogen) atoms. The molecule has 0 saturated heterocycles. The Hall–Kier alpha value is -1.75. The second kappa shape index (κ2) is 7.01. The maximum atomic E-state index is 13.3. The molecule has 116 valence electrons. The molecule has 1 aliphatic rings. The maximum absolute atomic E-state index is 13.3. The average molecular weight is 318 g/mol. The van der Waals surface area contributed by atoms with Gasteiger partial charge in [0.2, 0.25) is 5.90 Å². The van der Waals surface area contributed by atoms with Crippen LogP contribution in [0.1, 0.15) is 17.7 Å². The summed E-state index contributed by atoms with van der Waals surface area (Å²) in [6.07, 6.45) is 5.11. The Morgan fingerprint density at radius 2 is 2.27 bits per heavy atom. The van der Waals surface area contributed by atoms with Crippen LogP contribution < -0.4 is 0 Å². The molecule has 1 aromatic heterocycles. The first kappa shape index (κ1) is 15.2. The van der Waals surface area contributed by atoms with Crippen molar-refractivity contribution in [2.45, 2.75) is 19.0 Å². The summed E-state index contributed by atoms with van der Waals surface area (Å²) >= 11 is 1.83. The van der Waals surface area contributed by atoms with Gasteiger partial charge in [0.15, 0.2) is 0 Å². The average Bonchev–Trinajstić information content (AvgIpc) is 3.14. The van der Waals surface area contributed by atoms with Crippen molar-refractivity contribution in [1.29, 1.82) is 0 Å². The highest BCUT2D eigenvalue weighted by molar-refractivity contribution is 7.98. The van der Waals surface area contributed by atoms with Gasteiger partial charge in [0.05, 0.1) is 6.04 Å². The molecule has 1 aromatic carbocycles. The molecule has 0 amide bonds. The van der Waals surface area contributed by atoms with Crippen LogP contribution in [-0.4, -0.2) is 35.1 Å². The van der Waals surface area contributed by atoms with Crippen LogP contribution in [0.3, 0.4) is 0 Å². The monoisotopic (exact) mass is 318 g/mol. The molecule has 3 rings (SSSR count). The Kier molecular flexibility index (Phi) is 4.83. The lowest BCUT2D eigenvalue weighted by molar-refractivity contribution is 0.314. The topological polar surface area (TPSA) is 26.5 Å². The summed E-state index contributed by atoms with van der Waals surface area (Å²) in [5, 5.41) is 0. The number of hydrogen-bond acceptors (Lipinski definition) is 3. The number of ether oxygens (including phenoxy) is 1. The highest BCUT2D eigenvalue weighted by Gasteiger charge is 2.21. The highest BCUT2D eigenvalue weighted by Crippen LogP contribution is 2.17. The second-order valence-corrected chi connectivity index (χ2v) is 6.32. The van der Waals surface area contributed by atoms with Crippen LogP contribution in [0.15, 0.2) is 47.6 Å². The minimum absolute atomic E-state index is 0.210. The van der Waals surface area contributed by atoms with E-state index < -0.39 is 0 Å². The van der Waals surface area contributed by atoms with Gasteiger partial charge in [-0.3, -0.25) is 0 Å². The zero-order chi connectivity index (χ0) is 15.4. The summed E-state index contributed by atoms with van der Waals surface area (Å²) in [7, 11) is 0. The summed E-state index contributed by atoms with van der Waals surface area (Å²) in [6.45, 7) is 1.26. The first-order chi connectivity index (χ1) is 10.8. The molecule has 5 heteroatoms. The molecule has 0 N–H and O–H groups in total. The van der Waals surface area contributed by atoms with Crippen molar-refractivity contribution >= 4 is 17.7 Å². The summed E-state index contributed by atoms with van der Waals surface area (Å²) in [4.78, 5) is 4.67. The molecule has 3 nitrogen and oxygen atoms in total. The Bertz CT molecular complexity index is 668.